The van der Waals surface area contributed by atoms with E-state index in [0.29, 0.717) is 19.1 Å². The Labute approximate surface area is 191 Å². The van der Waals surface area contributed by atoms with Crippen molar-refractivity contribution in [2.24, 2.45) is 10.9 Å². The van der Waals surface area contributed by atoms with Crippen molar-refractivity contribution < 1.29 is 14.2 Å². The van der Waals surface area contributed by atoms with Gasteiger partial charge in [0.25, 0.3) is 0 Å². The number of benzene rings is 2. The molecule has 0 spiro atoms. The molecule has 2 aliphatic rings. The van der Waals surface area contributed by atoms with E-state index in [1.165, 1.54) is 11.1 Å². The number of aliphatic imine (C=N–C) groups is 1. The molecule has 2 aromatic rings. The van der Waals surface area contributed by atoms with E-state index in [9.17, 15) is 0 Å². The van der Waals surface area contributed by atoms with E-state index in [-0.39, 0.29) is 5.41 Å². The zero-order chi connectivity index (χ0) is 22.4. The van der Waals surface area contributed by atoms with E-state index in [1.54, 1.807) is 7.11 Å². The van der Waals surface area contributed by atoms with Crippen molar-refractivity contribution in [2.45, 2.75) is 38.1 Å². The lowest BCUT2D eigenvalue weighted by Crippen LogP contribution is -2.41. The Bertz CT molecular complexity index is 934. The number of hydrogen-bond donors (Lipinski definition) is 2. The molecule has 1 aliphatic carbocycles. The molecular weight excluding hydrogens is 402 g/mol. The van der Waals surface area contributed by atoms with Crippen LogP contribution in [0.4, 0.5) is 0 Å². The summed E-state index contributed by atoms with van der Waals surface area (Å²) in [5.41, 5.74) is 3.71. The number of rotatable bonds is 9. The lowest BCUT2D eigenvalue weighted by molar-refractivity contribution is 0.166. The van der Waals surface area contributed by atoms with Gasteiger partial charge < -0.3 is 24.8 Å². The van der Waals surface area contributed by atoms with Gasteiger partial charge in [0.1, 0.15) is 11.5 Å². The number of para-hydroxylation sites is 1. The topological polar surface area (TPSA) is 64.1 Å². The van der Waals surface area contributed by atoms with Crippen LogP contribution in [0, 0.1) is 12.8 Å². The molecule has 1 saturated carbocycles. The summed E-state index contributed by atoms with van der Waals surface area (Å²) in [6, 6.07) is 14.7. The molecule has 32 heavy (non-hydrogen) atoms. The second-order valence-corrected chi connectivity index (χ2v) is 8.91. The van der Waals surface area contributed by atoms with Crippen LogP contribution in [0.1, 0.15) is 36.0 Å². The minimum atomic E-state index is 0.117. The Hall–Kier alpha value is -2.73. The Morgan fingerprint density at radius 1 is 1.16 bits per heavy atom. The largest absolute Gasteiger partial charge is 0.496 e. The fraction of sp³-hybridized carbons (Fsp3) is 0.500. The van der Waals surface area contributed by atoms with Crippen molar-refractivity contribution in [1.29, 1.82) is 0 Å². The van der Waals surface area contributed by atoms with Gasteiger partial charge in [-0.3, -0.25) is 4.99 Å². The van der Waals surface area contributed by atoms with Gasteiger partial charge >= 0.3 is 0 Å². The van der Waals surface area contributed by atoms with E-state index in [4.69, 9.17) is 14.2 Å². The van der Waals surface area contributed by atoms with Gasteiger partial charge in [-0.05, 0) is 43.9 Å². The van der Waals surface area contributed by atoms with Gasteiger partial charge in [-0.2, -0.15) is 0 Å². The maximum absolute atomic E-state index is 6.18. The van der Waals surface area contributed by atoms with Crippen molar-refractivity contribution in [3.05, 3.63) is 59.2 Å². The molecule has 0 radical (unpaired) electrons. The Balaban J connectivity index is 1.35. The molecule has 172 valence electrons. The van der Waals surface area contributed by atoms with Crippen molar-refractivity contribution in [1.82, 2.24) is 10.6 Å². The van der Waals surface area contributed by atoms with Crippen LogP contribution in [0.5, 0.6) is 11.5 Å². The summed E-state index contributed by atoms with van der Waals surface area (Å²) in [5, 5.41) is 6.98. The van der Waals surface area contributed by atoms with Crippen molar-refractivity contribution in [2.75, 3.05) is 40.5 Å². The number of aryl methyl sites for hydroxylation is 1. The first-order valence-electron chi connectivity index (χ1n) is 11.5. The van der Waals surface area contributed by atoms with Crippen molar-refractivity contribution in [3.63, 3.8) is 0 Å². The SMILES string of the molecule is CN=C(NCc1ccc(C)cc1OCC1CCOC1)NCC1(c2ccccc2OC)CC1. The number of guanidine groups is 1. The minimum absolute atomic E-state index is 0.117. The molecule has 1 aliphatic heterocycles. The van der Waals surface area contributed by atoms with E-state index in [1.807, 2.05) is 19.2 Å². The van der Waals surface area contributed by atoms with Crippen molar-refractivity contribution in [3.8, 4) is 11.5 Å². The summed E-state index contributed by atoms with van der Waals surface area (Å²) in [5.74, 6) is 3.17. The Kier molecular flexibility index (Phi) is 7.20. The van der Waals surface area contributed by atoms with E-state index >= 15 is 0 Å². The molecule has 1 unspecified atom stereocenters. The molecule has 4 rings (SSSR count). The Morgan fingerprint density at radius 3 is 2.72 bits per heavy atom. The third-order valence-corrected chi connectivity index (χ3v) is 6.52. The maximum Gasteiger partial charge on any atom is 0.191 e. The maximum atomic E-state index is 6.18. The van der Waals surface area contributed by atoms with Crippen LogP contribution in [-0.2, 0) is 16.7 Å². The Morgan fingerprint density at radius 2 is 2.00 bits per heavy atom. The molecule has 6 heteroatoms. The van der Waals surface area contributed by atoms with Crippen LogP contribution < -0.4 is 20.1 Å². The number of methoxy groups -OCH3 is 1. The van der Waals surface area contributed by atoms with E-state index in [0.717, 1.165) is 62.0 Å². The highest BCUT2D eigenvalue weighted by Gasteiger charge is 2.46. The minimum Gasteiger partial charge on any atom is -0.496 e. The highest BCUT2D eigenvalue weighted by Crippen LogP contribution is 2.50. The average Bonchev–Trinajstić information content (AvgIpc) is 3.43. The summed E-state index contributed by atoms with van der Waals surface area (Å²) < 4.78 is 17.3. The van der Waals surface area contributed by atoms with Gasteiger partial charge in [0.15, 0.2) is 5.96 Å². The summed E-state index contributed by atoms with van der Waals surface area (Å²) in [7, 11) is 3.55. The van der Waals surface area contributed by atoms with Gasteiger partial charge in [0.05, 0.1) is 20.3 Å². The summed E-state index contributed by atoms with van der Waals surface area (Å²) in [6.45, 7) is 5.91. The first-order valence-corrected chi connectivity index (χ1v) is 11.5. The monoisotopic (exact) mass is 437 g/mol. The normalized spacial score (nSPS) is 19.5. The third kappa shape index (κ3) is 5.36. The van der Waals surface area contributed by atoms with Crippen LogP contribution in [0.25, 0.3) is 0 Å². The molecular formula is C26H35N3O3. The molecule has 0 bridgehead atoms. The molecule has 0 amide bonds. The predicted octanol–water partition coefficient (Wildman–Crippen LogP) is 3.82. The quantitative estimate of drug-likeness (QED) is 0.461. The average molecular weight is 438 g/mol. The number of nitrogens with zero attached hydrogens (tertiary/aromatic N) is 1. The second-order valence-electron chi connectivity index (χ2n) is 8.91. The number of hydrogen-bond acceptors (Lipinski definition) is 4. The fourth-order valence-electron chi connectivity index (χ4n) is 4.29. The van der Waals surface area contributed by atoms with Gasteiger partial charge in [-0.15, -0.1) is 0 Å². The molecule has 2 aromatic carbocycles. The van der Waals surface area contributed by atoms with E-state index < -0.39 is 0 Å². The molecule has 1 atom stereocenters. The highest BCUT2D eigenvalue weighted by molar-refractivity contribution is 5.80. The van der Waals surface area contributed by atoms with E-state index in [2.05, 4.69) is 52.9 Å². The zero-order valence-electron chi connectivity index (χ0n) is 19.4. The second kappa shape index (κ2) is 10.3. The van der Waals surface area contributed by atoms with Gasteiger partial charge in [-0.25, -0.2) is 0 Å². The number of nitrogens with one attached hydrogen (secondary N) is 2. The number of ether oxygens (including phenoxy) is 3. The van der Waals surface area contributed by atoms with Crippen LogP contribution >= 0.6 is 0 Å². The van der Waals surface area contributed by atoms with Gasteiger partial charge in [0.2, 0.25) is 0 Å². The van der Waals surface area contributed by atoms with Crippen LogP contribution in [-0.4, -0.2) is 46.5 Å². The van der Waals surface area contributed by atoms with Crippen molar-refractivity contribution >= 4 is 5.96 Å². The molecule has 1 saturated heterocycles. The third-order valence-electron chi connectivity index (χ3n) is 6.52. The standard InChI is InChI=1S/C26H35N3O3/c1-19-8-9-21(24(14-19)32-17-20-10-13-31-16-20)15-28-25(27-2)29-18-26(11-12-26)22-6-4-5-7-23(22)30-3/h4-9,14,20H,10-13,15-18H2,1-3H3,(H2,27,28,29). The lowest BCUT2D eigenvalue weighted by atomic mass is 9.95. The van der Waals surface area contributed by atoms with Crippen LogP contribution in [0.3, 0.4) is 0 Å². The first-order chi connectivity index (χ1) is 15.6. The van der Waals surface area contributed by atoms with Crippen LogP contribution in [0.15, 0.2) is 47.5 Å². The first kappa shape index (κ1) is 22.5. The summed E-state index contributed by atoms with van der Waals surface area (Å²) in [4.78, 5) is 4.43. The summed E-state index contributed by atoms with van der Waals surface area (Å²) >= 11 is 0. The van der Waals surface area contributed by atoms with Crippen LogP contribution in [0.2, 0.25) is 0 Å². The zero-order valence-corrected chi connectivity index (χ0v) is 19.4. The molecule has 1 heterocycles. The fourth-order valence-corrected chi connectivity index (χ4v) is 4.29. The molecule has 0 aromatic heterocycles. The lowest BCUT2D eigenvalue weighted by Gasteiger charge is -2.21. The predicted molar refractivity (Wildman–Crippen MR) is 128 cm³/mol. The summed E-state index contributed by atoms with van der Waals surface area (Å²) in [6.07, 6.45) is 3.38. The highest BCUT2D eigenvalue weighted by atomic mass is 16.5. The smallest absolute Gasteiger partial charge is 0.191 e. The van der Waals surface area contributed by atoms with Gasteiger partial charge in [0, 0.05) is 49.2 Å². The molecule has 2 N–H and O–H groups in total. The van der Waals surface area contributed by atoms with Gasteiger partial charge in [-0.1, -0.05) is 30.3 Å². The molecule has 2 fully saturated rings. The molecule has 6 nitrogen and oxygen atoms in total.